The van der Waals surface area contributed by atoms with E-state index in [9.17, 15) is 4.79 Å². The van der Waals surface area contributed by atoms with Crippen LogP contribution in [0.2, 0.25) is 0 Å². The van der Waals surface area contributed by atoms with E-state index in [2.05, 4.69) is 0 Å². The van der Waals surface area contributed by atoms with Gasteiger partial charge in [-0.05, 0) is 29.8 Å². The minimum atomic E-state index is 0.171. The third-order valence-corrected chi connectivity index (χ3v) is 4.22. The molecule has 1 aliphatic heterocycles. The smallest absolute Gasteiger partial charge is 0.168 e. The van der Waals surface area contributed by atoms with Gasteiger partial charge in [-0.3, -0.25) is 4.79 Å². The van der Waals surface area contributed by atoms with Crippen molar-refractivity contribution in [3.05, 3.63) is 53.6 Å². The molecule has 0 atom stereocenters. The lowest BCUT2D eigenvalue weighted by atomic mass is 10.0. The highest BCUT2D eigenvalue weighted by Gasteiger charge is 2.20. The van der Waals surface area contributed by atoms with Gasteiger partial charge in [0.15, 0.2) is 5.78 Å². The van der Waals surface area contributed by atoms with Gasteiger partial charge >= 0.3 is 0 Å². The van der Waals surface area contributed by atoms with E-state index in [0.29, 0.717) is 6.42 Å². The minimum Gasteiger partial charge on any atom is -0.497 e. The zero-order valence-electron chi connectivity index (χ0n) is 9.97. The molecule has 90 valence electrons. The number of benzene rings is 2. The van der Waals surface area contributed by atoms with Gasteiger partial charge in [0.2, 0.25) is 0 Å². The predicted octanol–water partition coefficient (Wildman–Crippen LogP) is 3.59. The zero-order valence-corrected chi connectivity index (χ0v) is 10.8. The molecule has 1 heterocycles. The van der Waals surface area contributed by atoms with Gasteiger partial charge in [0.25, 0.3) is 0 Å². The van der Waals surface area contributed by atoms with Crippen molar-refractivity contribution in [1.29, 1.82) is 0 Å². The standard InChI is InChI=1S/C15H12O2S/c1-17-11-6-7-14-10(8-11)9-13(16)12-4-2-3-5-15(12)18-14/h2-8H,9H2,1H3. The van der Waals surface area contributed by atoms with E-state index in [-0.39, 0.29) is 5.78 Å². The van der Waals surface area contributed by atoms with Crippen molar-refractivity contribution < 1.29 is 9.53 Å². The van der Waals surface area contributed by atoms with Gasteiger partial charge in [-0.25, -0.2) is 0 Å². The van der Waals surface area contributed by atoms with Crippen molar-refractivity contribution in [3.63, 3.8) is 0 Å². The van der Waals surface area contributed by atoms with Crippen LogP contribution in [0.1, 0.15) is 15.9 Å². The molecule has 2 aromatic rings. The summed E-state index contributed by atoms with van der Waals surface area (Å²) in [4.78, 5) is 14.4. The predicted molar refractivity (Wildman–Crippen MR) is 71.6 cm³/mol. The van der Waals surface area contributed by atoms with E-state index in [0.717, 1.165) is 26.7 Å². The first-order valence-corrected chi connectivity index (χ1v) is 6.56. The lowest BCUT2D eigenvalue weighted by molar-refractivity contribution is 0.0990. The Bertz CT molecular complexity index is 620. The molecule has 0 aromatic heterocycles. The molecule has 0 N–H and O–H groups in total. The van der Waals surface area contributed by atoms with E-state index < -0.39 is 0 Å². The van der Waals surface area contributed by atoms with E-state index in [4.69, 9.17) is 4.74 Å². The summed E-state index contributed by atoms with van der Waals surface area (Å²) in [6, 6.07) is 13.7. The first-order valence-electron chi connectivity index (χ1n) is 5.75. The number of hydrogen-bond donors (Lipinski definition) is 0. The van der Waals surface area contributed by atoms with Crippen LogP contribution in [0.4, 0.5) is 0 Å². The second-order valence-corrected chi connectivity index (χ2v) is 5.26. The molecule has 0 fully saturated rings. The Balaban J connectivity index is 2.12. The maximum atomic E-state index is 12.2. The van der Waals surface area contributed by atoms with Crippen LogP contribution in [-0.4, -0.2) is 12.9 Å². The van der Waals surface area contributed by atoms with E-state index >= 15 is 0 Å². The molecule has 0 radical (unpaired) electrons. The van der Waals surface area contributed by atoms with Gasteiger partial charge in [0.05, 0.1) is 7.11 Å². The Morgan fingerprint density at radius 1 is 1.11 bits per heavy atom. The fourth-order valence-electron chi connectivity index (χ4n) is 2.09. The Hall–Kier alpha value is -1.74. The van der Waals surface area contributed by atoms with Gasteiger partial charge < -0.3 is 4.74 Å². The van der Waals surface area contributed by atoms with Crippen LogP contribution in [-0.2, 0) is 6.42 Å². The molecule has 0 aliphatic carbocycles. The summed E-state index contributed by atoms with van der Waals surface area (Å²) in [5.74, 6) is 0.971. The maximum absolute atomic E-state index is 12.2. The summed E-state index contributed by atoms with van der Waals surface area (Å²) in [6.45, 7) is 0. The molecular formula is C15H12O2S. The van der Waals surface area contributed by atoms with Gasteiger partial charge in [0.1, 0.15) is 5.75 Å². The number of hydrogen-bond acceptors (Lipinski definition) is 3. The molecule has 0 unspecified atom stereocenters. The van der Waals surface area contributed by atoms with Crippen molar-refractivity contribution in [1.82, 2.24) is 0 Å². The third kappa shape index (κ3) is 1.91. The molecule has 2 aromatic carbocycles. The fourth-order valence-corrected chi connectivity index (χ4v) is 3.17. The van der Waals surface area contributed by atoms with Crippen LogP contribution < -0.4 is 4.74 Å². The van der Waals surface area contributed by atoms with Crippen molar-refractivity contribution in [3.8, 4) is 5.75 Å². The maximum Gasteiger partial charge on any atom is 0.168 e. The summed E-state index contributed by atoms with van der Waals surface area (Å²) in [7, 11) is 1.64. The Morgan fingerprint density at radius 3 is 2.78 bits per heavy atom. The van der Waals surface area contributed by atoms with Crippen molar-refractivity contribution >= 4 is 17.5 Å². The van der Waals surface area contributed by atoms with Crippen LogP contribution in [0.5, 0.6) is 5.75 Å². The molecule has 18 heavy (non-hydrogen) atoms. The fraction of sp³-hybridized carbons (Fsp3) is 0.133. The summed E-state index contributed by atoms with van der Waals surface area (Å²) in [5.41, 5.74) is 1.86. The lowest BCUT2D eigenvalue weighted by Crippen LogP contribution is -2.03. The molecule has 2 nitrogen and oxygen atoms in total. The molecule has 0 saturated carbocycles. The highest BCUT2D eigenvalue weighted by atomic mass is 32.2. The molecular weight excluding hydrogens is 244 g/mol. The largest absolute Gasteiger partial charge is 0.497 e. The molecule has 0 spiro atoms. The van der Waals surface area contributed by atoms with E-state index in [1.54, 1.807) is 18.9 Å². The number of Topliss-reactive ketones (excluding diaryl/α,β-unsaturated/α-hetero) is 1. The average Bonchev–Trinajstić information content (AvgIpc) is 2.54. The highest BCUT2D eigenvalue weighted by Crippen LogP contribution is 2.38. The number of methoxy groups -OCH3 is 1. The molecule has 3 heteroatoms. The summed E-state index contributed by atoms with van der Waals surface area (Å²) in [5, 5.41) is 0. The normalized spacial score (nSPS) is 13.5. The Labute approximate surface area is 110 Å². The van der Waals surface area contributed by atoms with Crippen LogP contribution in [0, 0.1) is 0 Å². The molecule has 0 bridgehead atoms. The zero-order chi connectivity index (χ0) is 12.5. The average molecular weight is 256 g/mol. The highest BCUT2D eigenvalue weighted by molar-refractivity contribution is 7.99. The minimum absolute atomic E-state index is 0.171. The molecule has 0 amide bonds. The Morgan fingerprint density at radius 2 is 1.94 bits per heavy atom. The lowest BCUT2D eigenvalue weighted by Gasteiger charge is -2.06. The molecule has 3 rings (SSSR count). The van der Waals surface area contributed by atoms with Gasteiger partial charge in [0, 0.05) is 21.8 Å². The summed E-state index contributed by atoms with van der Waals surface area (Å²) in [6.07, 6.45) is 0.441. The Kier molecular flexibility index (Phi) is 2.84. The van der Waals surface area contributed by atoms with Crippen molar-refractivity contribution in [2.45, 2.75) is 16.2 Å². The number of fused-ring (bicyclic) bond motifs is 2. The third-order valence-electron chi connectivity index (χ3n) is 3.03. The monoisotopic (exact) mass is 256 g/mol. The molecule has 1 aliphatic rings. The second-order valence-electron chi connectivity index (χ2n) is 4.17. The number of carbonyl (C=O) groups is 1. The van der Waals surface area contributed by atoms with Gasteiger partial charge in [-0.2, -0.15) is 0 Å². The number of ether oxygens (including phenoxy) is 1. The SMILES string of the molecule is COc1ccc2c(c1)CC(=O)c1ccccc1S2. The quantitative estimate of drug-likeness (QED) is 0.780. The van der Waals surface area contributed by atoms with Crippen molar-refractivity contribution in [2.24, 2.45) is 0 Å². The summed E-state index contributed by atoms with van der Waals surface area (Å²) >= 11 is 1.65. The summed E-state index contributed by atoms with van der Waals surface area (Å²) < 4.78 is 5.21. The second kappa shape index (κ2) is 4.50. The van der Waals surface area contributed by atoms with E-state index in [1.165, 1.54) is 0 Å². The van der Waals surface area contributed by atoms with Crippen LogP contribution in [0.25, 0.3) is 0 Å². The molecule has 0 saturated heterocycles. The van der Waals surface area contributed by atoms with Gasteiger partial charge in [-0.15, -0.1) is 0 Å². The van der Waals surface area contributed by atoms with Crippen LogP contribution >= 0.6 is 11.8 Å². The first-order chi connectivity index (χ1) is 8.78. The number of rotatable bonds is 1. The number of carbonyl (C=O) groups excluding carboxylic acids is 1. The first kappa shape index (κ1) is 11.4. The van der Waals surface area contributed by atoms with Crippen LogP contribution in [0.15, 0.2) is 52.3 Å². The number of ketones is 1. The van der Waals surface area contributed by atoms with E-state index in [1.807, 2.05) is 42.5 Å². The van der Waals surface area contributed by atoms with Crippen LogP contribution in [0.3, 0.4) is 0 Å². The van der Waals surface area contributed by atoms with Gasteiger partial charge in [-0.1, -0.05) is 30.0 Å². The topological polar surface area (TPSA) is 26.3 Å². The van der Waals surface area contributed by atoms with Crippen molar-refractivity contribution in [2.75, 3.05) is 7.11 Å².